The highest BCUT2D eigenvalue weighted by atomic mass is 19.1. The van der Waals surface area contributed by atoms with Crippen LogP contribution in [0.1, 0.15) is 28.8 Å². The van der Waals surface area contributed by atoms with Crippen LogP contribution in [0, 0.1) is 5.82 Å². The van der Waals surface area contributed by atoms with Crippen molar-refractivity contribution in [3.05, 3.63) is 65.5 Å². The molecule has 2 aromatic rings. The van der Waals surface area contributed by atoms with Crippen LogP contribution in [-0.4, -0.2) is 16.8 Å². The van der Waals surface area contributed by atoms with Gasteiger partial charge >= 0.3 is 0 Å². The van der Waals surface area contributed by atoms with Gasteiger partial charge in [-0.1, -0.05) is 30.3 Å². The van der Waals surface area contributed by atoms with Crippen LogP contribution in [0.3, 0.4) is 0 Å². The number of carbonyl (C=O) groups is 1. The van der Waals surface area contributed by atoms with E-state index in [2.05, 4.69) is 0 Å². The molecule has 1 aliphatic carbocycles. The minimum absolute atomic E-state index is 0.124. The molecule has 0 atom stereocenters. The van der Waals surface area contributed by atoms with Crippen LogP contribution in [0.2, 0.25) is 0 Å². The summed E-state index contributed by atoms with van der Waals surface area (Å²) in [6.07, 6.45) is 1.93. The van der Waals surface area contributed by atoms with Gasteiger partial charge in [0.05, 0.1) is 5.56 Å². The Morgan fingerprint density at radius 2 is 1.81 bits per heavy atom. The highest BCUT2D eigenvalue weighted by molar-refractivity contribution is 5.95. The first-order chi connectivity index (χ1) is 10.2. The molecule has 0 aromatic heterocycles. The standard InChI is InChI=1S/C17H17FN2O/c18-15-7-3-2-6-14(15)17(21)20(13-9-10-13)11-12-5-1-4-8-16(12)19/h1-8,13H,9-11,19H2. The third-order valence-electron chi connectivity index (χ3n) is 3.75. The van der Waals surface area contributed by atoms with Crippen LogP contribution in [0.25, 0.3) is 0 Å². The molecule has 0 spiro atoms. The number of anilines is 1. The van der Waals surface area contributed by atoms with Crippen LogP contribution >= 0.6 is 0 Å². The fourth-order valence-corrected chi connectivity index (χ4v) is 2.40. The lowest BCUT2D eigenvalue weighted by molar-refractivity contribution is 0.0725. The van der Waals surface area contributed by atoms with Crippen LogP contribution in [0.4, 0.5) is 10.1 Å². The zero-order valence-electron chi connectivity index (χ0n) is 11.6. The molecule has 2 N–H and O–H groups in total. The minimum atomic E-state index is -0.478. The van der Waals surface area contributed by atoms with Crippen molar-refractivity contribution < 1.29 is 9.18 Å². The molecule has 21 heavy (non-hydrogen) atoms. The van der Waals surface area contributed by atoms with E-state index in [-0.39, 0.29) is 17.5 Å². The zero-order chi connectivity index (χ0) is 14.8. The largest absolute Gasteiger partial charge is 0.398 e. The zero-order valence-corrected chi connectivity index (χ0v) is 11.6. The van der Waals surface area contributed by atoms with Crippen LogP contribution < -0.4 is 5.73 Å². The molecule has 0 bridgehead atoms. The van der Waals surface area contributed by atoms with E-state index in [1.165, 1.54) is 12.1 Å². The second-order valence-corrected chi connectivity index (χ2v) is 5.34. The van der Waals surface area contributed by atoms with E-state index in [9.17, 15) is 9.18 Å². The molecule has 0 aliphatic heterocycles. The maximum Gasteiger partial charge on any atom is 0.257 e. The summed E-state index contributed by atoms with van der Waals surface area (Å²) in [6, 6.07) is 13.8. The van der Waals surface area contributed by atoms with E-state index < -0.39 is 5.82 Å². The van der Waals surface area contributed by atoms with Gasteiger partial charge in [-0.05, 0) is 36.6 Å². The number of nitrogens with zero attached hydrogens (tertiary/aromatic N) is 1. The summed E-state index contributed by atoms with van der Waals surface area (Å²) in [5.74, 6) is -0.743. The molecule has 0 heterocycles. The molecule has 0 saturated heterocycles. The van der Waals surface area contributed by atoms with Gasteiger partial charge in [0.1, 0.15) is 5.82 Å². The quantitative estimate of drug-likeness (QED) is 0.876. The number of carbonyl (C=O) groups excluding carboxylic acids is 1. The lowest BCUT2D eigenvalue weighted by Gasteiger charge is -2.23. The number of rotatable bonds is 4. The second-order valence-electron chi connectivity index (χ2n) is 5.34. The van der Waals surface area contributed by atoms with E-state index in [0.29, 0.717) is 12.2 Å². The molecule has 0 radical (unpaired) electrons. The highest BCUT2D eigenvalue weighted by Crippen LogP contribution is 2.31. The van der Waals surface area contributed by atoms with Crippen LogP contribution in [0.5, 0.6) is 0 Å². The van der Waals surface area contributed by atoms with Crippen molar-refractivity contribution in [2.75, 3.05) is 5.73 Å². The van der Waals surface area contributed by atoms with Gasteiger partial charge in [-0.3, -0.25) is 4.79 Å². The Labute approximate surface area is 123 Å². The van der Waals surface area contributed by atoms with Crippen molar-refractivity contribution in [1.82, 2.24) is 4.90 Å². The van der Waals surface area contributed by atoms with Crippen molar-refractivity contribution in [2.45, 2.75) is 25.4 Å². The van der Waals surface area contributed by atoms with Gasteiger partial charge in [0, 0.05) is 18.3 Å². The van der Waals surface area contributed by atoms with Crippen molar-refractivity contribution in [3.63, 3.8) is 0 Å². The van der Waals surface area contributed by atoms with E-state index in [1.54, 1.807) is 17.0 Å². The Bertz CT molecular complexity index is 667. The van der Waals surface area contributed by atoms with Gasteiger partial charge in [-0.15, -0.1) is 0 Å². The van der Waals surface area contributed by atoms with Crippen molar-refractivity contribution in [2.24, 2.45) is 0 Å². The first-order valence-electron chi connectivity index (χ1n) is 7.05. The van der Waals surface area contributed by atoms with E-state index in [0.717, 1.165) is 18.4 Å². The number of halogens is 1. The number of hydrogen-bond donors (Lipinski definition) is 1. The molecule has 3 rings (SSSR count). The number of para-hydroxylation sites is 1. The Morgan fingerprint density at radius 1 is 1.14 bits per heavy atom. The number of nitrogens with two attached hydrogens (primary N) is 1. The van der Waals surface area contributed by atoms with Crippen molar-refractivity contribution in [1.29, 1.82) is 0 Å². The van der Waals surface area contributed by atoms with Crippen molar-refractivity contribution in [3.8, 4) is 0 Å². The predicted octanol–water partition coefficient (Wildman–Crippen LogP) is 3.21. The first-order valence-corrected chi connectivity index (χ1v) is 7.05. The number of hydrogen-bond acceptors (Lipinski definition) is 2. The average Bonchev–Trinajstić information content (AvgIpc) is 3.31. The molecule has 2 aromatic carbocycles. The molecule has 1 amide bonds. The minimum Gasteiger partial charge on any atom is -0.398 e. The summed E-state index contributed by atoms with van der Waals surface area (Å²) >= 11 is 0. The molecular weight excluding hydrogens is 267 g/mol. The predicted molar refractivity (Wildman–Crippen MR) is 80.1 cm³/mol. The summed E-state index contributed by atoms with van der Waals surface area (Å²) in [7, 11) is 0. The van der Waals surface area contributed by atoms with Gasteiger partial charge in [0.25, 0.3) is 5.91 Å². The fraction of sp³-hybridized carbons (Fsp3) is 0.235. The van der Waals surface area contributed by atoms with Gasteiger partial charge in [-0.25, -0.2) is 4.39 Å². The first kappa shape index (κ1) is 13.6. The monoisotopic (exact) mass is 284 g/mol. The molecule has 108 valence electrons. The SMILES string of the molecule is Nc1ccccc1CN(C(=O)c1ccccc1F)C1CC1. The molecule has 1 fully saturated rings. The Balaban J connectivity index is 1.87. The lowest BCUT2D eigenvalue weighted by atomic mass is 10.1. The summed E-state index contributed by atoms with van der Waals surface area (Å²) in [4.78, 5) is 14.3. The Kier molecular flexibility index (Phi) is 3.60. The summed E-state index contributed by atoms with van der Waals surface area (Å²) < 4.78 is 13.8. The van der Waals surface area contributed by atoms with E-state index >= 15 is 0 Å². The Morgan fingerprint density at radius 3 is 2.48 bits per heavy atom. The summed E-state index contributed by atoms with van der Waals surface area (Å²) in [6.45, 7) is 0.421. The third-order valence-corrected chi connectivity index (χ3v) is 3.75. The Hall–Kier alpha value is -2.36. The number of amides is 1. The number of nitrogen functional groups attached to an aromatic ring is 1. The molecule has 0 unspecified atom stereocenters. The number of benzene rings is 2. The third kappa shape index (κ3) is 2.89. The summed E-state index contributed by atoms with van der Waals surface area (Å²) in [5, 5.41) is 0. The lowest BCUT2D eigenvalue weighted by Crippen LogP contribution is -2.33. The average molecular weight is 284 g/mol. The van der Waals surface area contributed by atoms with Gasteiger partial charge in [0.15, 0.2) is 0 Å². The van der Waals surface area contributed by atoms with Gasteiger partial charge in [0.2, 0.25) is 0 Å². The second kappa shape index (κ2) is 5.56. The van der Waals surface area contributed by atoms with Crippen molar-refractivity contribution >= 4 is 11.6 Å². The molecule has 4 heteroatoms. The molecule has 1 aliphatic rings. The summed E-state index contributed by atoms with van der Waals surface area (Å²) in [5.41, 5.74) is 7.62. The molecule has 3 nitrogen and oxygen atoms in total. The topological polar surface area (TPSA) is 46.3 Å². The molecule has 1 saturated carbocycles. The smallest absolute Gasteiger partial charge is 0.257 e. The van der Waals surface area contributed by atoms with Crippen LogP contribution in [0.15, 0.2) is 48.5 Å². The van der Waals surface area contributed by atoms with Gasteiger partial charge < -0.3 is 10.6 Å². The molecular formula is C17H17FN2O. The van der Waals surface area contributed by atoms with E-state index in [4.69, 9.17) is 5.73 Å². The highest BCUT2D eigenvalue weighted by Gasteiger charge is 2.34. The van der Waals surface area contributed by atoms with Gasteiger partial charge in [-0.2, -0.15) is 0 Å². The maximum absolute atomic E-state index is 13.8. The normalized spacial score (nSPS) is 14.0. The fourth-order valence-electron chi connectivity index (χ4n) is 2.40. The van der Waals surface area contributed by atoms with Crippen LogP contribution in [-0.2, 0) is 6.54 Å². The maximum atomic E-state index is 13.8. The van der Waals surface area contributed by atoms with E-state index in [1.807, 2.05) is 24.3 Å².